The van der Waals surface area contributed by atoms with E-state index in [0.717, 1.165) is 32.7 Å². The molecule has 1 fully saturated rings. The Balaban J connectivity index is 2.10. The first kappa shape index (κ1) is 14.0. The highest BCUT2D eigenvalue weighted by atomic mass is 16.5. The minimum Gasteiger partial charge on any atom is -0.379 e. The van der Waals surface area contributed by atoms with Gasteiger partial charge in [-0.3, -0.25) is 4.90 Å². The number of nitriles is 1. The van der Waals surface area contributed by atoms with E-state index in [1.807, 2.05) is 0 Å². The van der Waals surface area contributed by atoms with Gasteiger partial charge in [0.05, 0.1) is 19.3 Å². The van der Waals surface area contributed by atoms with Gasteiger partial charge in [-0.1, -0.05) is 38.1 Å². The number of hydrogen-bond acceptors (Lipinski definition) is 3. The lowest BCUT2D eigenvalue weighted by Gasteiger charge is -2.33. The minimum absolute atomic E-state index is 0.0589. The second-order valence-electron chi connectivity index (χ2n) is 5.11. The molecule has 19 heavy (non-hydrogen) atoms. The Labute approximate surface area is 115 Å². The predicted octanol–water partition coefficient (Wildman–Crippen LogP) is 2.58. The maximum atomic E-state index is 9.48. The first-order valence-corrected chi connectivity index (χ1v) is 7.06. The van der Waals surface area contributed by atoms with E-state index in [-0.39, 0.29) is 12.0 Å². The van der Waals surface area contributed by atoms with Crippen molar-refractivity contribution in [3.8, 4) is 6.07 Å². The Morgan fingerprint density at radius 1 is 1.26 bits per heavy atom. The third-order valence-electron chi connectivity index (χ3n) is 3.96. The zero-order chi connectivity index (χ0) is 13.7. The summed E-state index contributed by atoms with van der Waals surface area (Å²) in [5.41, 5.74) is 2.59. The maximum absolute atomic E-state index is 9.48. The standard InChI is InChI=1S/C16H22N2O/c1-3-14-4-6-15(7-5-14)13(2)16(12-17)18-8-10-19-11-9-18/h4-7,13,16H,3,8-11H2,1-2H3. The lowest BCUT2D eigenvalue weighted by molar-refractivity contribution is 0.0231. The molecule has 0 bridgehead atoms. The van der Waals surface area contributed by atoms with Crippen LogP contribution in [0.4, 0.5) is 0 Å². The van der Waals surface area contributed by atoms with E-state index in [1.54, 1.807) is 0 Å². The summed E-state index contributed by atoms with van der Waals surface area (Å²) in [6, 6.07) is 11.1. The summed E-state index contributed by atoms with van der Waals surface area (Å²) in [7, 11) is 0. The lowest BCUT2D eigenvalue weighted by Crippen LogP contribution is -2.45. The van der Waals surface area contributed by atoms with Gasteiger partial charge in [-0.25, -0.2) is 0 Å². The predicted molar refractivity (Wildman–Crippen MR) is 76.0 cm³/mol. The van der Waals surface area contributed by atoms with Crippen LogP contribution in [-0.4, -0.2) is 37.2 Å². The Morgan fingerprint density at radius 2 is 1.89 bits per heavy atom. The van der Waals surface area contributed by atoms with Crippen LogP contribution in [0.5, 0.6) is 0 Å². The molecule has 1 aliphatic rings. The molecule has 1 aliphatic heterocycles. The number of aryl methyl sites for hydroxylation is 1. The van der Waals surface area contributed by atoms with E-state index in [4.69, 9.17) is 4.74 Å². The third kappa shape index (κ3) is 3.34. The van der Waals surface area contributed by atoms with Crippen LogP contribution in [-0.2, 0) is 11.2 Å². The monoisotopic (exact) mass is 258 g/mol. The smallest absolute Gasteiger partial charge is 0.105 e. The molecule has 102 valence electrons. The molecule has 0 amide bonds. The highest BCUT2D eigenvalue weighted by Crippen LogP contribution is 2.24. The zero-order valence-corrected chi connectivity index (χ0v) is 11.8. The summed E-state index contributed by atoms with van der Waals surface area (Å²) in [5.74, 6) is 0.231. The molecule has 1 aromatic rings. The molecule has 0 N–H and O–H groups in total. The fourth-order valence-corrected chi connectivity index (χ4v) is 2.60. The summed E-state index contributed by atoms with van der Waals surface area (Å²) in [6.45, 7) is 7.49. The second-order valence-corrected chi connectivity index (χ2v) is 5.11. The summed E-state index contributed by atoms with van der Waals surface area (Å²) in [4.78, 5) is 2.24. The van der Waals surface area contributed by atoms with Crippen molar-refractivity contribution in [3.05, 3.63) is 35.4 Å². The normalized spacial score (nSPS) is 19.6. The van der Waals surface area contributed by atoms with Gasteiger partial charge >= 0.3 is 0 Å². The van der Waals surface area contributed by atoms with Crippen LogP contribution in [0.3, 0.4) is 0 Å². The SMILES string of the molecule is CCc1ccc(C(C)C(C#N)N2CCOCC2)cc1. The van der Waals surface area contributed by atoms with E-state index >= 15 is 0 Å². The van der Waals surface area contributed by atoms with Crippen LogP contribution in [0.1, 0.15) is 30.9 Å². The van der Waals surface area contributed by atoms with E-state index in [0.29, 0.717) is 0 Å². The van der Waals surface area contributed by atoms with Crippen molar-refractivity contribution in [2.75, 3.05) is 26.3 Å². The molecule has 0 saturated carbocycles. The van der Waals surface area contributed by atoms with Crippen LogP contribution in [0.25, 0.3) is 0 Å². The Hall–Kier alpha value is -1.37. The first-order chi connectivity index (χ1) is 9.26. The van der Waals surface area contributed by atoms with Crippen molar-refractivity contribution >= 4 is 0 Å². The number of benzene rings is 1. The Bertz CT molecular complexity index is 429. The highest BCUT2D eigenvalue weighted by molar-refractivity contribution is 5.27. The fourth-order valence-electron chi connectivity index (χ4n) is 2.60. The zero-order valence-electron chi connectivity index (χ0n) is 11.8. The molecule has 1 heterocycles. The van der Waals surface area contributed by atoms with Crippen molar-refractivity contribution in [2.24, 2.45) is 0 Å². The molecule has 0 spiro atoms. The van der Waals surface area contributed by atoms with Gasteiger partial charge in [0.15, 0.2) is 0 Å². The fraction of sp³-hybridized carbons (Fsp3) is 0.562. The lowest BCUT2D eigenvalue weighted by atomic mass is 9.92. The van der Waals surface area contributed by atoms with Crippen LogP contribution in [0.15, 0.2) is 24.3 Å². The van der Waals surface area contributed by atoms with Gasteiger partial charge < -0.3 is 4.74 Å². The van der Waals surface area contributed by atoms with Crippen molar-refractivity contribution in [3.63, 3.8) is 0 Å². The molecule has 0 aromatic heterocycles. The van der Waals surface area contributed by atoms with Crippen molar-refractivity contribution < 1.29 is 4.74 Å². The van der Waals surface area contributed by atoms with Crippen LogP contribution >= 0.6 is 0 Å². The molecule has 1 saturated heterocycles. The maximum Gasteiger partial charge on any atom is 0.105 e. The Kier molecular flexibility index (Phi) is 4.95. The van der Waals surface area contributed by atoms with Gasteiger partial charge in [0.25, 0.3) is 0 Å². The van der Waals surface area contributed by atoms with E-state index in [2.05, 4.69) is 49.1 Å². The van der Waals surface area contributed by atoms with Gasteiger partial charge in [0.1, 0.15) is 6.04 Å². The summed E-state index contributed by atoms with van der Waals surface area (Å²) in [6.07, 6.45) is 1.06. The van der Waals surface area contributed by atoms with Crippen molar-refractivity contribution in [2.45, 2.75) is 32.2 Å². The molecule has 0 aliphatic carbocycles. The van der Waals surface area contributed by atoms with Crippen molar-refractivity contribution in [1.82, 2.24) is 4.90 Å². The van der Waals surface area contributed by atoms with Crippen molar-refractivity contribution in [1.29, 1.82) is 5.26 Å². The molecule has 2 unspecified atom stereocenters. The largest absolute Gasteiger partial charge is 0.379 e. The van der Waals surface area contributed by atoms with Crippen LogP contribution in [0.2, 0.25) is 0 Å². The van der Waals surface area contributed by atoms with E-state index in [1.165, 1.54) is 11.1 Å². The highest BCUT2D eigenvalue weighted by Gasteiger charge is 2.26. The number of morpholine rings is 1. The van der Waals surface area contributed by atoms with Gasteiger partial charge in [0.2, 0.25) is 0 Å². The summed E-state index contributed by atoms with van der Waals surface area (Å²) >= 11 is 0. The van der Waals surface area contributed by atoms with Crippen LogP contribution in [0, 0.1) is 11.3 Å². The molecular formula is C16H22N2O. The molecule has 2 rings (SSSR count). The average Bonchev–Trinajstić information content (AvgIpc) is 2.49. The summed E-state index contributed by atoms with van der Waals surface area (Å²) < 4.78 is 5.36. The molecule has 3 nitrogen and oxygen atoms in total. The van der Waals surface area contributed by atoms with E-state index in [9.17, 15) is 5.26 Å². The summed E-state index contributed by atoms with van der Waals surface area (Å²) in [5, 5.41) is 9.48. The number of hydrogen-bond donors (Lipinski definition) is 0. The Morgan fingerprint density at radius 3 is 2.42 bits per heavy atom. The number of nitrogens with zero attached hydrogens (tertiary/aromatic N) is 2. The average molecular weight is 258 g/mol. The van der Waals surface area contributed by atoms with Gasteiger partial charge in [-0.15, -0.1) is 0 Å². The topological polar surface area (TPSA) is 36.3 Å². The number of ether oxygens (including phenoxy) is 1. The third-order valence-corrected chi connectivity index (χ3v) is 3.96. The van der Waals surface area contributed by atoms with Gasteiger partial charge in [-0.2, -0.15) is 5.26 Å². The molecule has 3 heteroatoms. The molecule has 1 aromatic carbocycles. The first-order valence-electron chi connectivity index (χ1n) is 7.06. The van der Waals surface area contributed by atoms with Gasteiger partial charge in [0, 0.05) is 19.0 Å². The van der Waals surface area contributed by atoms with Crippen LogP contribution < -0.4 is 0 Å². The second kappa shape index (κ2) is 6.70. The van der Waals surface area contributed by atoms with E-state index < -0.39 is 0 Å². The quantitative estimate of drug-likeness (QED) is 0.833. The number of rotatable bonds is 4. The van der Waals surface area contributed by atoms with Gasteiger partial charge in [-0.05, 0) is 17.5 Å². The molecule has 2 atom stereocenters. The molecular weight excluding hydrogens is 236 g/mol. The molecule has 0 radical (unpaired) electrons. The minimum atomic E-state index is -0.0589.